The summed E-state index contributed by atoms with van der Waals surface area (Å²) < 4.78 is 61.4. The van der Waals surface area contributed by atoms with Crippen LogP contribution in [-0.4, -0.2) is 80.9 Å². The van der Waals surface area contributed by atoms with E-state index in [0.717, 1.165) is 32.5 Å². The van der Waals surface area contributed by atoms with E-state index in [-0.39, 0.29) is 19.1 Å². The van der Waals surface area contributed by atoms with Gasteiger partial charge in [0.25, 0.3) is 0 Å². The number of nitrogens with zero attached hydrogens (tertiary/aromatic N) is 3. The van der Waals surface area contributed by atoms with Gasteiger partial charge in [0.15, 0.2) is 5.96 Å². The number of alkyl halides is 3. The molecule has 0 amide bonds. The highest BCUT2D eigenvalue weighted by Crippen LogP contribution is 2.28. The van der Waals surface area contributed by atoms with Crippen molar-refractivity contribution in [2.75, 3.05) is 45.8 Å². The molecule has 1 rings (SSSR count). The number of unbranched alkanes of at least 4 members (excludes halogenated alkanes) is 1. The molecule has 7 nitrogen and oxygen atoms in total. The van der Waals surface area contributed by atoms with Crippen LogP contribution in [0, 0.1) is 0 Å². The molecule has 0 unspecified atom stereocenters. The predicted octanol–water partition coefficient (Wildman–Crippen LogP) is 1.98. The van der Waals surface area contributed by atoms with Crippen LogP contribution in [0.4, 0.5) is 13.2 Å². The Kier molecular flexibility index (Phi) is 10.5. The minimum Gasteiger partial charge on any atom is -0.357 e. The molecule has 0 aliphatic carbocycles. The van der Waals surface area contributed by atoms with Gasteiger partial charge < -0.3 is 15.5 Å². The van der Waals surface area contributed by atoms with Crippen molar-refractivity contribution in [2.24, 2.45) is 4.99 Å². The maximum atomic E-state index is 12.6. The Bertz CT molecular complexity index is 572. The third-order valence-corrected chi connectivity index (χ3v) is 6.45. The van der Waals surface area contributed by atoms with E-state index in [1.807, 2.05) is 6.92 Å². The van der Waals surface area contributed by atoms with E-state index in [1.165, 1.54) is 0 Å². The van der Waals surface area contributed by atoms with Crippen molar-refractivity contribution >= 4 is 16.0 Å². The van der Waals surface area contributed by atoms with Gasteiger partial charge in [0.1, 0.15) is 0 Å². The average Bonchev–Trinajstić information content (AvgIpc) is 2.64. The van der Waals surface area contributed by atoms with Crippen LogP contribution in [0.2, 0.25) is 0 Å². The fourth-order valence-corrected chi connectivity index (χ4v) is 4.06. The van der Waals surface area contributed by atoms with Crippen LogP contribution in [-0.2, 0) is 10.0 Å². The molecule has 0 spiro atoms. The minimum absolute atomic E-state index is 0.104. The van der Waals surface area contributed by atoms with Crippen molar-refractivity contribution < 1.29 is 21.6 Å². The van der Waals surface area contributed by atoms with Gasteiger partial charge in [-0.1, -0.05) is 13.8 Å². The molecule has 0 atom stereocenters. The van der Waals surface area contributed by atoms with E-state index >= 15 is 0 Å². The number of nitrogens with one attached hydrogen (secondary N) is 2. The Balaban J connectivity index is 2.46. The van der Waals surface area contributed by atoms with E-state index in [1.54, 1.807) is 0 Å². The second-order valence-corrected chi connectivity index (χ2v) is 8.69. The van der Waals surface area contributed by atoms with Gasteiger partial charge >= 0.3 is 15.5 Å². The smallest absolute Gasteiger partial charge is 0.357 e. The number of guanidine groups is 1. The summed E-state index contributed by atoms with van der Waals surface area (Å²) in [6, 6.07) is -0.104. The van der Waals surface area contributed by atoms with Crippen LogP contribution in [0.25, 0.3) is 0 Å². The fraction of sp³-hybridized carbons (Fsp3) is 0.941. The molecule has 0 saturated carbocycles. The number of hydrogen-bond donors (Lipinski definition) is 2. The van der Waals surface area contributed by atoms with Gasteiger partial charge in [-0.2, -0.15) is 17.5 Å². The van der Waals surface area contributed by atoms with Gasteiger partial charge in [0.2, 0.25) is 0 Å². The largest absolute Gasteiger partial charge is 0.511 e. The highest BCUT2D eigenvalue weighted by molar-refractivity contribution is 7.90. The number of rotatable bonds is 10. The molecule has 166 valence electrons. The second-order valence-electron chi connectivity index (χ2n) is 6.76. The predicted molar refractivity (Wildman–Crippen MR) is 106 cm³/mol. The lowest BCUT2D eigenvalue weighted by Crippen LogP contribution is -2.51. The molecule has 1 fully saturated rings. The maximum absolute atomic E-state index is 12.6. The van der Waals surface area contributed by atoms with Gasteiger partial charge in [0, 0.05) is 32.2 Å². The zero-order chi connectivity index (χ0) is 21.2. The number of aliphatic imine (C=N–C) groups is 1. The molecule has 28 heavy (non-hydrogen) atoms. The van der Waals surface area contributed by atoms with E-state index in [4.69, 9.17) is 0 Å². The third-order valence-electron chi connectivity index (χ3n) is 4.82. The molecule has 1 heterocycles. The summed E-state index contributed by atoms with van der Waals surface area (Å²) in [6.07, 6.45) is 2.62. The van der Waals surface area contributed by atoms with Gasteiger partial charge in [-0.3, -0.25) is 4.99 Å². The first kappa shape index (κ1) is 25.0. The molecule has 1 aliphatic heterocycles. The molecule has 0 bridgehead atoms. The molecule has 2 N–H and O–H groups in total. The first-order valence-corrected chi connectivity index (χ1v) is 11.4. The molecule has 0 aromatic carbocycles. The highest BCUT2D eigenvalue weighted by atomic mass is 32.2. The number of halogens is 3. The van der Waals surface area contributed by atoms with Crippen LogP contribution < -0.4 is 10.6 Å². The standard InChI is InChI=1S/C17H34F3N5O2S/c1-4-21-16(22-11-7-8-12-24(5-2)6-3)23-15-9-13-25(14-10-15)28(26,27)17(18,19)20/h15H,4-14H2,1-3H3,(H2,21,22,23). The molecule has 0 radical (unpaired) electrons. The van der Waals surface area contributed by atoms with E-state index in [0.29, 0.717) is 36.2 Å². The van der Waals surface area contributed by atoms with Crippen LogP contribution in [0.15, 0.2) is 4.99 Å². The summed E-state index contributed by atoms with van der Waals surface area (Å²) in [6.45, 7) is 10.4. The first-order valence-electron chi connectivity index (χ1n) is 9.99. The van der Waals surface area contributed by atoms with Gasteiger partial charge in [-0.15, -0.1) is 0 Å². The molecule has 1 aliphatic rings. The Labute approximate surface area is 166 Å². The molecular weight excluding hydrogens is 395 g/mol. The third kappa shape index (κ3) is 7.75. The summed E-state index contributed by atoms with van der Waals surface area (Å²) in [4.78, 5) is 6.88. The first-order chi connectivity index (χ1) is 13.2. The highest BCUT2D eigenvalue weighted by Gasteiger charge is 2.50. The number of sulfonamides is 1. The van der Waals surface area contributed by atoms with E-state index in [2.05, 4.69) is 34.4 Å². The van der Waals surface area contributed by atoms with Crippen LogP contribution in [0.5, 0.6) is 0 Å². The Morgan fingerprint density at radius 1 is 1.14 bits per heavy atom. The molecule has 0 aromatic heterocycles. The monoisotopic (exact) mass is 429 g/mol. The molecule has 11 heteroatoms. The summed E-state index contributed by atoms with van der Waals surface area (Å²) in [5.74, 6) is 0.627. The van der Waals surface area contributed by atoms with Gasteiger partial charge in [-0.05, 0) is 52.2 Å². The Hall–Kier alpha value is -1.07. The lowest BCUT2D eigenvalue weighted by atomic mass is 10.1. The van der Waals surface area contributed by atoms with Crippen LogP contribution >= 0.6 is 0 Å². The lowest BCUT2D eigenvalue weighted by molar-refractivity contribution is -0.0494. The maximum Gasteiger partial charge on any atom is 0.511 e. The summed E-state index contributed by atoms with van der Waals surface area (Å²) in [5, 5.41) is 6.35. The van der Waals surface area contributed by atoms with Gasteiger partial charge in [0.05, 0.1) is 0 Å². The average molecular weight is 430 g/mol. The van der Waals surface area contributed by atoms with Crippen molar-refractivity contribution in [3.8, 4) is 0 Å². The Morgan fingerprint density at radius 2 is 1.75 bits per heavy atom. The number of piperidine rings is 1. The SMILES string of the molecule is CCNC(=NCCCCN(CC)CC)NC1CCN(S(=O)(=O)C(F)(F)F)CC1. The summed E-state index contributed by atoms with van der Waals surface area (Å²) >= 11 is 0. The molecular formula is C17H34F3N5O2S. The van der Waals surface area contributed by atoms with Crippen molar-refractivity contribution in [3.05, 3.63) is 0 Å². The van der Waals surface area contributed by atoms with E-state index in [9.17, 15) is 21.6 Å². The summed E-state index contributed by atoms with van der Waals surface area (Å²) in [7, 11) is -5.24. The van der Waals surface area contributed by atoms with Crippen molar-refractivity contribution in [2.45, 2.75) is 58.0 Å². The van der Waals surface area contributed by atoms with Crippen LogP contribution in [0.1, 0.15) is 46.5 Å². The second kappa shape index (κ2) is 11.8. The zero-order valence-corrected chi connectivity index (χ0v) is 17.9. The fourth-order valence-electron chi connectivity index (χ4n) is 3.08. The Morgan fingerprint density at radius 3 is 2.25 bits per heavy atom. The quantitative estimate of drug-likeness (QED) is 0.316. The van der Waals surface area contributed by atoms with Crippen LogP contribution in [0.3, 0.4) is 0 Å². The van der Waals surface area contributed by atoms with Crippen molar-refractivity contribution in [3.63, 3.8) is 0 Å². The zero-order valence-electron chi connectivity index (χ0n) is 17.1. The molecule has 1 saturated heterocycles. The number of hydrogen-bond acceptors (Lipinski definition) is 4. The van der Waals surface area contributed by atoms with Crippen molar-refractivity contribution in [1.29, 1.82) is 0 Å². The topological polar surface area (TPSA) is 77.0 Å². The van der Waals surface area contributed by atoms with Crippen molar-refractivity contribution in [1.82, 2.24) is 19.8 Å². The minimum atomic E-state index is -5.24. The van der Waals surface area contributed by atoms with E-state index < -0.39 is 15.5 Å². The normalized spacial score (nSPS) is 17.9. The lowest BCUT2D eigenvalue weighted by Gasteiger charge is -2.32. The molecule has 0 aromatic rings. The summed E-state index contributed by atoms with van der Waals surface area (Å²) in [5.41, 5.74) is -5.24. The van der Waals surface area contributed by atoms with Gasteiger partial charge in [-0.25, -0.2) is 8.42 Å².